The molecule has 2 heterocycles. The molecule has 0 amide bonds. The van der Waals surface area contributed by atoms with Gasteiger partial charge in [-0.3, -0.25) is 0 Å². The van der Waals surface area contributed by atoms with E-state index in [4.69, 9.17) is 16.3 Å². The summed E-state index contributed by atoms with van der Waals surface area (Å²) in [6.07, 6.45) is 2.74. The number of aromatic nitrogens is 1. The van der Waals surface area contributed by atoms with Gasteiger partial charge in [-0.05, 0) is 43.2 Å². The Balaban J connectivity index is 1.94. The predicted molar refractivity (Wildman–Crippen MR) is 122 cm³/mol. The van der Waals surface area contributed by atoms with Gasteiger partial charge in [0.05, 0.1) is 16.8 Å². The van der Waals surface area contributed by atoms with Crippen LogP contribution in [0.25, 0.3) is 0 Å². The van der Waals surface area contributed by atoms with E-state index >= 15 is 0 Å². The van der Waals surface area contributed by atoms with Crippen molar-refractivity contribution in [3.63, 3.8) is 0 Å². The van der Waals surface area contributed by atoms with E-state index in [0.29, 0.717) is 0 Å². The van der Waals surface area contributed by atoms with Crippen LogP contribution in [-0.2, 0) is 34.6 Å². The molecule has 2 aromatic rings. The first-order chi connectivity index (χ1) is 15.3. The first kappa shape index (κ1) is 26.0. The highest BCUT2D eigenvalue weighted by Crippen LogP contribution is 2.34. The van der Waals surface area contributed by atoms with Crippen molar-refractivity contribution < 1.29 is 30.0 Å². The van der Waals surface area contributed by atoms with Gasteiger partial charge in [0.2, 0.25) is 29.9 Å². The SMILES string of the molecule is COC1(CNS(C)(=O)=O)CCN(S(=O)(=O)c2ccc(Cl)cc2S(=O)(=O)c2ccccn2)CC1. The van der Waals surface area contributed by atoms with Crippen molar-refractivity contribution in [2.75, 3.05) is 33.0 Å². The van der Waals surface area contributed by atoms with Crippen molar-refractivity contribution in [3.8, 4) is 0 Å². The van der Waals surface area contributed by atoms with Crippen LogP contribution in [0.2, 0.25) is 5.02 Å². The molecule has 33 heavy (non-hydrogen) atoms. The number of nitrogens with one attached hydrogen (secondary N) is 1. The third-order valence-electron chi connectivity index (χ3n) is 5.45. The van der Waals surface area contributed by atoms with E-state index in [0.717, 1.165) is 22.7 Å². The van der Waals surface area contributed by atoms with Crippen LogP contribution >= 0.6 is 11.6 Å². The lowest BCUT2D eigenvalue weighted by Gasteiger charge is -2.40. The molecular formula is C19H24ClN3O7S3. The molecule has 0 aliphatic carbocycles. The minimum Gasteiger partial charge on any atom is -0.377 e. The van der Waals surface area contributed by atoms with Gasteiger partial charge in [-0.25, -0.2) is 35.0 Å². The Morgan fingerprint density at radius 3 is 2.27 bits per heavy atom. The van der Waals surface area contributed by atoms with Crippen LogP contribution in [0, 0.1) is 0 Å². The molecule has 1 aliphatic rings. The van der Waals surface area contributed by atoms with Gasteiger partial charge in [-0.2, -0.15) is 4.31 Å². The van der Waals surface area contributed by atoms with E-state index in [1.54, 1.807) is 6.07 Å². The smallest absolute Gasteiger partial charge is 0.244 e. The van der Waals surface area contributed by atoms with Gasteiger partial charge in [0.25, 0.3) is 0 Å². The van der Waals surface area contributed by atoms with Crippen LogP contribution in [0.3, 0.4) is 0 Å². The molecular weight excluding hydrogens is 514 g/mol. The molecule has 14 heteroatoms. The summed E-state index contributed by atoms with van der Waals surface area (Å²) in [6.45, 7) is 0.0110. The second kappa shape index (κ2) is 9.56. The zero-order valence-electron chi connectivity index (χ0n) is 17.9. The molecule has 0 spiro atoms. The highest BCUT2D eigenvalue weighted by molar-refractivity contribution is 7.93. The van der Waals surface area contributed by atoms with Crippen LogP contribution in [0.15, 0.2) is 57.4 Å². The average Bonchev–Trinajstić information content (AvgIpc) is 2.78. The van der Waals surface area contributed by atoms with E-state index in [9.17, 15) is 25.3 Å². The fourth-order valence-electron chi connectivity index (χ4n) is 3.51. The van der Waals surface area contributed by atoms with Crippen molar-refractivity contribution in [1.29, 1.82) is 0 Å². The van der Waals surface area contributed by atoms with E-state index in [1.807, 2.05) is 0 Å². The number of piperidine rings is 1. The molecule has 182 valence electrons. The second-order valence-electron chi connectivity index (χ2n) is 7.65. The number of nitrogens with zero attached hydrogens (tertiary/aromatic N) is 2. The van der Waals surface area contributed by atoms with Crippen molar-refractivity contribution >= 4 is 41.5 Å². The largest absolute Gasteiger partial charge is 0.377 e. The van der Waals surface area contributed by atoms with Crippen LogP contribution in [0.1, 0.15) is 12.8 Å². The van der Waals surface area contributed by atoms with E-state index in [1.165, 1.54) is 31.5 Å². The molecule has 0 atom stereocenters. The molecule has 0 unspecified atom stereocenters. The first-order valence-electron chi connectivity index (χ1n) is 9.76. The van der Waals surface area contributed by atoms with Gasteiger partial charge in [-0.15, -0.1) is 0 Å². The van der Waals surface area contributed by atoms with Gasteiger partial charge >= 0.3 is 0 Å². The molecule has 0 radical (unpaired) electrons. The number of pyridine rings is 1. The van der Waals surface area contributed by atoms with Crippen LogP contribution in [0.4, 0.5) is 0 Å². The number of halogens is 1. The molecule has 10 nitrogen and oxygen atoms in total. The van der Waals surface area contributed by atoms with E-state index < -0.39 is 45.3 Å². The van der Waals surface area contributed by atoms with Gasteiger partial charge in [0.1, 0.15) is 4.90 Å². The maximum absolute atomic E-state index is 13.5. The van der Waals surface area contributed by atoms with E-state index in [-0.39, 0.29) is 42.5 Å². The highest BCUT2D eigenvalue weighted by atomic mass is 35.5. The average molecular weight is 538 g/mol. The lowest BCUT2D eigenvalue weighted by Crippen LogP contribution is -2.53. The van der Waals surface area contributed by atoms with Gasteiger partial charge < -0.3 is 4.74 Å². The molecule has 1 saturated heterocycles. The normalized spacial score (nSPS) is 17.7. The van der Waals surface area contributed by atoms with Crippen molar-refractivity contribution in [3.05, 3.63) is 47.6 Å². The minimum atomic E-state index is -4.27. The zero-order chi connectivity index (χ0) is 24.5. The molecule has 1 aliphatic heterocycles. The fourth-order valence-corrected chi connectivity index (χ4v) is 7.71. The molecule has 1 fully saturated rings. The second-order valence-corrected chi connectivity index (χ2v) is 13.7. The third kappa shape index (κ3) is 5.73. The Morgan fingerprint density at radius 1 is 1.06 bits per heavy atom. The van der Waals surface area contributed by atoms with E-state index in [2.05, 4.69) is 9.71 Å². The topological polar surface area (TPSA) is 140 Å². The van der Waals surface area contributed by atoms with Crippen molar-refractivity contribution in [1.82, 2.24) is 14.0 Å². The monoisotopic (exact) mass is 537 g/mol. The number of benzene rings is 1. The summed E-state index contributed by atoms with van der Waals surface area (Å²) in [7, 11) is -10.5. The number of hydrogen-bond acceptors (Lipinski definition) is 8. The number of ether oxygens (including phenoxy) is 1. The number of methoxy groups -OCH3 is 1. The summed E-state index contributed by atoms with van der Waals surface area (Å²) in [6, 6.07) is 7.87. The van der Waals surface area contributed by atoms with Crippen LogP contribution in [-0.4, -0.2) is 73.1 Å². The lowest BCUT2D eigenvalue weighted by atomic mass is 9.92. The molecule has 1 N–H and O–H groups in total. The summed E-state index contributed by atoms with van der Waals surface area (Å²) in [5.41, 5.74) is -0.877. The maximum Gasteiger partial charge on any atom is 0.244 e. The molecule has 0 saturated carbocycles. The zero-order valence-corrected chi connectivity index (χ0v) is 21.1. The summed E-state index contributed by atoms with van der Waals surface area (Å²) in [5.74, 6) is 0. The fraction of sp³-hybridized carbons (Fsp3) is 0.421. The van der Waals surface area contributed by atoms with Crippen LogP contribution in [0.5, 0.6) is 0 Å². The first-order valence-corrected chi connectivity index (χ1v) is 15.0. The minimum absolute atomic E-state index is 0.00350. The Labute approximate surface area is 198 Å². The van der Waals surface area contributed by atoms with Gasteiger partial charge in [0.15, 0.2) is 5.03 Å². The van der Waals surface area contributed by atoms with Gasteiger partial charge in [0, 0.05) is 38.0 Å². The number of sulfone groups is 1. The Bertz CT molecular complexity index is 1320. The predicted octanol–water partition coefficient (Wildman–Crippen LogP) is 1.29. The third-order valence-corrected chi connectivity index (χ3v) is 10.1. The summed E-state index contributed by atoms with van der Waals surface area (Å²) in [5, 5.41) is -0.236. The number of rotatable bonds is 8. The quantitative estimate of drug-likeness (QED) is 0.531. The summed E-state index contributed by atoms with van der Waals surface area (Å²) >= 11 is 6.01. The standard InChI is InChI=1S/C19H24ClN3O7S3/c1-30-19(14-22-31(2,24)25)8-11-23(12-9-19)33(28,29)16-7-6-15(20)13-17(16)32(26,27)18-5-3-4-10-21-18/h3-7,10,13,22H,8-9,11-12,14H2,1-2H3. The molecule has 3 rings (SSSR count). The molecule has 1 aromatic heterocycles. The van der Waals surface area contributed by atoms with Gasteiger partial charge in [-0.1, -0.05) is 17.7 Å². The number of sulfonamides is 2. The van der Waals surface area contributed by atoms with Crippen molar-refractivity contribution in [2.24, 2.45) is 0 Å². The van der Waals surface area contributed by atoms with Crippen molar-refractivity contribution in [2.45, 2.75) is 33.3 Å². The molecule has 0 bridgehead atoms. The van der Waals surface area contributed by atoms with Crippen LogP contribution < -0.4 is 4.72 Å². The summed E-state index contributed by atoms with van der Waals surface area (Å²) < 4.78 is 85.3. The Hall–Kier alpha value is -1.61. The maximum atomic E-state index is 13.5. The number of hydrogen-bond donors (Lipinski definition) is 1. The lowest BCUT2D eigenvalue weighted by molar-refractivity contribution is -0.0402. The highest BCUT2D eigenvalue weighted by Gasteiger charge is 2.41. The summed E-state index contributed by atoms with van der Waals surface area (Å²) in [4.78, 5) is 2.98. The Morgan fingerprint density at radius 2 is 1.73 bits per heavy atom. The molecule has 1 aromatic carbocycles. The Kier molecular flexibility index (Phi) is 7.54.